The number of amides is 1. The highest BCUT2D eigenvalue weighted by Gasteiger charge is 2.18. The Morgan fingerprint density at radius 1 is 1.47 bits per heavy atom. The van der Waals surface area contributed by atoms with Crippen molar-refractivity contribution in [3.05, 3.63) is 33.8 Å². The van der Waals surface area contributed by atoms with Gasteiger partial charge < -0.3 is 11.1 Å². The summed E-state index contributed by atoms with van der Waals surface area (Å²) in [7, 11) is 0. The van der Waals surface area contributed by atoms with Gasteiger partial charge in [-0.15, -0.1) is 0 Å². The zero-order chi connectivity index (χ0) is 12.3. The largest absolute Gasteiger partial charge is 0.370 e. The third-order valence-corrected chi connectivity index (χ3v) is 3.69. The normalized spacial score (nSPS) is 18.8. The molecule has 1 aliphatic carbocycles. The molecule has 0 radical (unpaired) electrons. The van der Waals surface area contributed by atoms with Gasteiger partial charge in [0.05, 0.1) is 0 Å². The third-order valence-electron chi connectivity index (χ3n) is 3.20. The van der Waals surface area contributed by atoms with Crippen molar-refractivity contribution in [2.24, 2.45) is 5.73 Å². The Hall–Kier alpha value is -0.870. The van der Waals surface area contributed by atoms with E-state index in [4.69, 9.17) is 5.73 Å². The zero-order valence-electron chi connectivity index (χ0n) is 9.71. The molecule has 92 valence electrons. The second kappa shape index (κ2) is 5.65. The van der Waals surface area contributed by atoms with Crippen LogP contribution in [0.2, 0.25) is 0 Å². The summed E-state index contributed by atoms with van der Waals surface area (Å²) in [5, 5.41) is 3.40. The number of rotatable bonds is 4. The van der Waals surface area contributed by atoms with Gasteiger partial charge in [-0.1, -0.05) is 22.0 Å². The topological polar surface area (TPSA) is 55.1 Å². The van der Waals surface area contributed by atoms with E-state index >= 15 is 0 Å². The molecule has 0 fully saturated rings. The molecule has 0 bridgehead atoms. The summed E-state index contributed by atoms with van der Waals surface area (Å²) in [6, 6.07) is 6.95. The molecule has 1 unspecified atom stereocenters. The van der Waals surface area contributed by atoms with E-state index < -0.39 is 0 Å². The van der Waals surface area contributed by atoms with E-state index in [1.165, 1.54) is 11.1 Å². The minimum absolute atomic E-state index is 0.238. The zero-order valence-corrected chi connectivity index (χ0v) is 11.3. The number of benzene rings is 1. The minimum Gasteiger partial charge on any atom is -0.370 e. The second-order valence-electron chi connectivity index (χ2n) is 4.52. The standard InChI is InChI=1S/C13H17BrN2O/c14-11-3-1-10-8-12(4-2-9(10)7-11)16-6-5-13(15)17/h1,3,7,12,16H,2,4-6,8H2,(H2,15,17). The third kappa shape index (κ3) is 3.54. The summed E-state index contributed by atoms with van der Waals surface area (Å²) in [5.74, 6) is -0.238. The van der Waals surface area contributed by atoms with Gasteiger partial charge in [0, 0.05) is 23.5 Å². The number of halogens is 1. The number of nitrogens with two attached hydrogens (primary N) is 1. The van der Waals surface area contributed by atoms with E-state index in [-0.39, 0.29) is 5.91 Å². The van der Waals surface area contributed by atoms with Crippen molar-refractivity contribution in [1.82, 2.24) is 5.32 Å². The molecule has 2 rings (SSSR count). The van der Waals surface area contributed by atoms with Crippen molar-refractivity contribution in [3.8, 4) is 0 Å². The average Bonchev–Trinajstić information content (AvgIpc) is 2.29. The van der Waals surface area contributed by atoms with Crippen LogP contribution in [0, 0.1) is 0 Å². The molecule has 0 spiro atoms. The van der Waals surface area contributed by atoms with Crippen molar-refractivity contribution < 1.29 is 4.79 Å². The van der Waals surface area contributed by atoms with E-state index in [0.29, 0.717) is 19.0 Å². The lowest BCUT2D eigenvalue weighted by atomic mass is 9.88. The van der Waals surface area contributed by atoms with E-state index in [9.17, 15) is 4.79 Å². The van der Waals surface area contributed by atoms with Crippen molar-refractivity contribution in [1.29, 1.82) is 0 Å². The molecule has 1 amide bonds. The van der Waals surface area contributed by atoms with Gasteiger partial charge in [-0.25, -0.2) is 0 Å². The Kier molecular flexibility index (Phi) is 4.18. The molecule has 0 saturated carbocycles. The van der Waals surface area contributed by atoms with Crippen LogP contribution in [0.15, 0.2) is 22.7 Å². The van der Waals surface area contributed by atoms with E-state index in [1.54, 1.807) is 0 Å². The first kappa shape index (κ1) is 12.6. The molecule has 3 nitrogen and oxygen atoms in total. The van der Waals surface area contributed by atoms with Crippen LogP contribution in [-0.2, 0) is 17.6 Å². The van der Waals surface area contributed by atoms with Crippen molar-refractivity contribution in [2.75, 3.05) is 6.54 Å². The van der Waals surface area contributed by atoms with Crippen LogP contribution < -0.4 is 11.1 Å². The molecule has 0 aromatic heterocycles. The molecule has 0 aliphatic heterocycles. The van der Waals surface area contributed by atoms with Crippen molar-refractivity contribution in [3.63, 3.8) is 0 Å². The minimum atomic E-state index is -0.238. The van der Waals surface area contributed by atoms with Crippen LogP contribution in [0.4, 0.5) is 0 Å². The average molecular weight is 297 g/mol. The number of carbonyl (C=O) groups is 1. The summed E-state index contributed by atoms with van der Waals surface area (Å²) in [6.45, 7) is 0.686. The fourth-order valence-corrected chi connectivity index (χ4v) is 2.71. The Labute approximate surface area is 110 Å². The number of carbonyl (C=O) groups excluding carboxylic acids is 1. The summed E-state index contributed by atoms with van der Waals surface area (Å²) in [4.78, 5) is 10.7. The Morgan fingerprint density at radius 2 is 2.29 bits per heavy atom. The maximum atomic E-state index is 10.7. The smallest absolute Gasteiger partial charge is 0.218 e. The summed E-state index contributed by atoms with van der Waals surface area (Å²) in [6.07, 6.45) is 3.69. The lowest BCUT2D eigenvalue weighted by molar-refractivity contribution is -0.117. The molecule has 0 heterocycles. The summed E-state index contributed by atoms with van der Waals surface area (Å²) in [5.41, 5.74) is 7.97. The van der Waals surface area contributed by atoms with Crippen molar-refractivity contribution in [2.45, 2.75) is 31.7 Å². The molecule has 1 aromatic carbocycles. The van der Waals surface area contributed by atoms with Gasteiger partial charge in [-0.05, 0) is 42.5 Å². The quantitative estimate of drug-likeness (QED) is 0.890. The first-order chi connectivity index (χ1) is 8.15. The number of primary amides is 1. The van der Waals surface area contributed by atoms with Gasteiger partial charge in [0.1, 0.15) is 0 Å². The Bertz CT molecular complexity index is 420. The molecule has 17 heavy (non-hydrogen) atoms. The molecule has 4 heteroatoms. The van der Waals surface area contributed by atoms with E-state index in [0.717, 1.165) is 23.7 Å². The first-order valence-corrected chi connectivity index (χ1v) is 6.73. The van der Waals surface area contributed by atoms with Crippen LogP contribution in [0.1, 0.15) is 24.0 Å². The lowest BCUT2D eigenvalue weighted by Gasteiger charge is -2.25. The predicted molar refractivity (Wildman–Crippen MR) is 71.8 cm³/mol. The molecule has 1 atom stereocenters. The summed E-state index contributed by atoms with van der Waals surface area (Å²) < 4.78 is 1.15. The molecular formula is C13H17BrN2O. The Balaban J connectivity index is 1.90. The maximum absolute atomic E-state index is 10.7. The number of hydrogen-bond acceptors (Lipinski definition) is 2. The van der Waals surface area contributed by atoms with Gasteiger partial charge in [0.2, 0.25) is 5.91 Å². The number of aryl methyl sites for hydroxylation is 1. The highest BCUT2D eigenvalue weighted by Crippen LogP contribution is 2.24. The van der Waals surface area contributed by atoms with Gasteiger partial charge in [0.25, 0.3) is 0 Å². The first-order valence-electron chi connectivity index (χ1n) is 5.94. The number of nitrogens with one attached hydrogen (secondary N) is 1. The molecule has 1 aliphatic rings. The van der Waals surface area contributed by atoms with Crippen LogP contribution in [0.3, 0.4) is 0 Å². The van der Waals surface area contributed by atoms with Gasteiger partial charge in [-0.2, -0.15) is 0 Å². The molecule has 0 saturated heterocycles. The van der Waals surface area contributed by atoms with Gasteiger partial charge in [0.15, 0.2) is 0 Å². The lowest BCUT2D eigenvalue weighted by Crippen LogP contribution is -2.36. The number of hydrogen-bond donors (Lipinski definition) is 2. The fourth-order valence-electron chi connectivity index (χ4n) is 2.30. The highest BCUT2D eigenvalue weighted by molar-refractivity contribution is 9.10. The predicted octanol–water partition coefficient (Wildman–Crippen LogP) is 1.77. The van der Waals surface area contributed by atoms with Crippen molar-refractivity contribution >= 4 is 21.8 Å². The second-order valence-corrected chi connectivity index (χ2v) is 5.44. The van der Waals surface area contributed by atoms with Crippen LogP contribution >= 0.6 is 15.9 Å². The van der Waals surface area contributed by atoms with E-state index in [2.05, 4.69) is 39.4 Å². The van der Waals surface area contributed by atoms with Crippen LogP contribution in [-0.4, -0.2) is 18.5 Å². The summed E-state index contributed by atoms with van der Waals surface area (Å²) >= 11 is 3.50. The highest BCUT2D eigenvalue weighted by atomic mass is 79.9. The monoisotopic (exact) mass is 296 g/mol. The fraction of sp³-hybridized carbons (Fsp3) is 0.462. The van der Waals surface area contributed by atoms with Crippen LogP contribution in [0.25, 0.3) is 0 Å². The van der Waals surface area contributed by atoms with Crippen LogP contribution in [0.5, 0.6) is 0 Å². The van der Waals surface area contributed by atoms with E-state index in [1.807, 2.05) is 0 Å². The molecule has 1 aromatic rings. The number of fused-ring (bicyclic) bond motifs is 1. The van der Waals surface area contributed by atoms with Gasteiger partial charge >= 0.3 is 0 Å². The molecule has 3 N–H and O–H groups in total. The Morgan fingerprint density at radius 3 is 3.06 bits per heavy atom. The SMILES string of the molecule is NC(=O)CCNC1CCc2cc(Br)ccc2C1. The maximum Gasteiger partial charge on any atom is 0.218 e. The molecular weight excluding hydrogens is 280 g/mol. The van der Waals surface area contributed by atoms with Gasteiger partial charge in [-0.3, -0.25) is 4.79 Å².